The number of nitrogens with one attached hydrogen (secondary N) is 1. The molecule has 0 saturated heterocycles. The van der Waals surface area contributed by atoms with E-state index in [1.54, 1.807) is 43.6 Å². The van der Waals surface area contributed by atoms with Crippen LogP contribution in [0.1, 0.15) is 28.8 Å². The molecule has 2 amide bonds. The summed E-state index contributed by atoms with van der Waals surface area (Å²) in [5.74, 6) is -0.121. The van der Waals surface area contributed by atoms with E-state index in [9.17, 15) is 9.59 Å². The van der Waals surface area contributed by atoms with E-state index >= 15 is 0 Å². The van der Waals surface area contributed by atoms with Crippen LogP contribution in [0, 0.1) is 0 Å². The fourth-order valence-electron chi connectivity index (χ4n) is 2.74. The Hall–Kier alpha value is -2.18. The number of hydrogen-bond donors (Lipinski definition) is 1. The van der Waals surface area contributed by atoms with Crippen LogP contribution in [0.3, 0.4) is 0 Å². The lowest BCUT2D eigenvalue weighted by molar-refractivity contribution is -0.117. The third-order valence-corrected chi connectivity index (χ3v) is 4.91. The second kappa shape index (κ2) is 7.80. The summed E-state index contributed by atoms with van der Waals surface area (Å²) in [7, 11) is 3.43. The molecule has 1 aromatic heterocycles. The van der Waals surface area contributed by atoms with E-state index in [2.05, 4.69) is 27.0 Å². The molecule has 0 radical (unpaired) electrons. The van der Waals surface area contributed by atoms with Crippen LogP contribution in [0.25, 0.3) is 0 Å². The number of nitrogens with zero attached hydrogens (tertiary/aromatic N) is 2. The molecule has 0 bridgehead atoms. The van der Waals surface area contributed by atoms with Crippen LogP contribution < -0.4 is 5.32 Å². The summed E-state index contributed by atoms with van der Waals surface area (Å²) in [4.78, 5) is 28.2. The highest BCUT2D eigenvalue weighted by atomic mass is 32.1. The van der Waals surface area contributed by atoms with Crippen LogP contribution in [0.15, 0.2) is 41.1 Å². The summed E-state index contributed by atoms with van der Waals surface area (Å²) in [6.45, 7) is 1.17. The molecule has 6 heteroatoms. The predicted molar refractivity (Wildman–Crippen MR) is 101 cm³/mol. The van der Waals surface area contributed by atoms with Crippen molar-refractivity contribution in [2.24, 2.45) is 0 Å². The van der Waals surface area contributed by atoms with Crippen molar-refractivity contribution in [3.8, 4) is 0 Å². The molecule has 1 aromatic carbocycles. The van der Waals surface area contributed by atoms with Gasteiger partial charge >= 0.3 is 0 Å². The summed E-state index contributed by atoms with van der Waals surface area (Å²) < 4.78 is 0. The highest BCUT2D eigenvalue weighted by Crippen LogP contribution is 2.28. The minimum Gasteiger partial charge on any atom is -0.345 e. The van der Waals surface area contributed by atoms with Gasteiger partial charge in [0.25, 0.3) is 5.91 Å². The molecule has 0 atom stereocenters. The minimum absolute atomic E-state index is 0.0448. The van der Waals surface area contributed by atoms with E-state index in [4.69, 9.17) is 0 Å². The van der Waals surface area contributed by atoms with Crippen molar-refractivity contribution < 1.29 is 9.59 Å². The molecule has 1 aliphatic carbocycles. The van der Waals surface area contributed by atoms with Crippen molar-refractivity contribution in [2.75, 3.05) is 26.0 Å². The Balaban J connectivity index is 1.61. The van der Waals surface area contributed by atoms with Gasteiger partial charge in [0.2, 0.25) is 5.91 Å². The molecule has 1 saturated carbocycles. The Bertz CT molecular complexity index is 739. The van der Waals surface area contributed by atoms with Crippen molar-refractivity contribution in [1.29, 1.82) is 0 Å². The van der Waals surface area contributed by atoms with Crippen LogP contribution in [0.4, 0.5) is 5.69 Å². The molecule has 1 N–H and O–H groups in total. The molecule has 0 unspecified atom stereocenters. The predicted octanol–water partition coefficient (Wildman–Crippen LogP) is 3.05. The molecule has 132 valence electrons. The van der Waals surface area contributed by atoms with Crippen molar-refractivity contribution >= 4 is 28.8 Å². The lowest BCUT2D eigenvalue weighted by Crippen LogP contribution is -2.34. The number of rotatable bonds is 7. The average molecular weight is 357 g/mol. The second-order valence-electron chi connectivity index (χ2n) is 6.60. The molecule has 3 rings (SSSR count). The Kier molecular flexibility index (Phi) is 5.50. The summed E-state index contributed by atoms with van der Waals surface area (Å²) >= 11 is 1.68. The van der Waals surface area contributed by atoms with Crippen molar-refractivity contribution in [1.82, 2.24) is 9.80 Å². The van der Waals surface area contributed by atoms with Crippen molar-refractivity contribution in [3.63, 3.8) is 0 Å². The maximum absolute atomic E-state index is 12.5. The number of amides is 2. The second-order valence-corrected chi connectivity index (χ2v) is 7.38. The normalized spacial score (nSPS) is 13.7. The number of thiophene rings is 1. The summed E-state index contributed by atoms with van der Waals surface area (Å²) in [5, 5.41) is 7.11. The van der Waals surface area contributed by atoms with Crippen LogP contribution in [0.5, 0.6) is 0 Å². The maximum Gasteiger partial charge on any atom is 0.253 e. The molecule has 0 aliphatic heterocycles. The molecular weight excluding hydrogens is 334 g/mol. The Morgan fingerprint density at radius 3 is 2.68 bits per heavy atom. The average Bonchev–Trinajstić information content (AvgIpc) is 3.31. The van der Waals surface area contributed by atoms with Gasteiger partial charge in [0, 0.05) is 37.9 Å². The smallest absolute Gasteiger partial charge is 0.253 e. The number of carbonyl (C=O) groups is 2. The Morgan fingerprint density at radius 1 is 1.24 bits per heavy atom. The van der Waals surface area contributed by atoms with E-state index in [0.717, 1.165) is 19.4 Å². The minimum atomic E-state index is -0.0758. The van der Waals surface area contributed by atoms with Gasteiger partial charge in [-0.2, -0.15) is 11.3 Å². The lowest BCUT2D eigenvalue weighted by Gasteiger charge is -2.21. The van der Waals surface area contributed by atoms with E-state index in [-0.39, 0.29) is 11.8 Å². The fraction of sp³-hybridized carbons (Fsp3) is 0.368. The van der Waals surface area contributed by atoms with E-state index < -0.39 is 0 Å². The third-order valence-electron chi connectivity index (χ3n) is 4.18. The van der Waals surface area contributed by atoms with Gasteiger partial charge in [0.1, 0.15) is 0 Å². The zero-order valence-corrected chi connectivity index (χ0v) is 15.4. The van der Waals surface area contributed by atoms with E-state index in [1.165, 1.54) is 10.5 Å². The third kappa shape index (κ3) is 4.90. The fourth-order valence-corrected chi connectivity index (χ4v) is 3.40. The Labute approximate surface area is 152 Å². The molecule has 1 heterocycles. The summed E-state index contributed by atoms with van der Waals surface area (Å²) in [6.07, 6.45) is 2.31. The molecule has 0 spiro atoms. The maximum atomic E-state index is 12.5. The zero-order valence-electron chi connectivity index (χ0n) is 14.6. The highest BCUT2D eigenvalue weighted by Gasteiger charge is 2.30. The number of carbonyl (C=O) groups excluding carboxylic acids is 2. The first kappa shape index (κ1) is 17.6. The van der Waals surface area contributed by atoms with Crippen LogP contribution in [-0.4, -0.2) is 48.3 Å². The summed E-state index contributed by atoms with van der Waals surface area (Å²) in [5.41, 5.74) is 2.48. The van der Waals surface area contributed by atoms with E-state index in [0.29, 0.717) is 23.8 Å². The molecule has 1 aliphatic rings. The van der Waals surface area contributed by atoms with Gasteiger partial charge in [-0.25, -0.2) is 0 Å². The van der Waals surface area contributed by atoms with Crippen LogP contribution in [0.2, 0.25) is 0 Å². The van der Waals surface area contributed by atoms with Gasteiger partial charge < -0.3 is 10.2 Å². The number of benzene rings is 1. The molecule has 1 fully saturated rings. The topological polar surface area (TPSA) is 52.7 Å². The first-order valence-electron chi connectivity index (χ1n) is 8.39. The first-order valence-corrected chi connectivity index (χ1v) is 9.34. The zero-order chi connectivity index (χ0) is 17.8. The van der Waals surface area contributed by atoms with Crippen LogP contribution >= 0.6 is 11.3 Å². The van der Waals surface area contributed by atoms with Gasteiger partial charge in [-0.3, -0.25) is 14.5 Å². The van der Waals surface area contributed by atoms with Gasteiger partial charge in [-0.05, 0) is 53.4 Å². The first-order chi connectivity index (χ1) is 12.0. The molecule has 25 heavy (non-hydrogen) atoms. The van der Waals surface area contributed by atoms with Crippen LogP contribution in [-0.2, 0) is 11.3 Å². The van der Waals surface area contributed by atoms with E-state index in [1.807, 2.05) is 6.07 Å². The summed E-state index contributed by atoms with van der Waals surface area (Å²) in [6, 6.07) is 9.69. The quantitative estimate of drug-likeness (QED) is 0.829. The monoisotopic (exact) mass is 357 g/mol. The Morgan fingerprint density at radius 2 is 2.04 bits per heavy atom. The van der Waals surface area contributed by atoms with Gasteiger partial charge in [0.15, 0.2) is 0 Å². The standard InChI is InChI=1S/C19H23N3O2S/c1-21(2)19(24)15-4-3-5-16(10-15)20-18(23)12-22(17-6-7-17)11-14-8-9-25-13-14/h3-5,8-10,13,17H,6-7,11-12H2,1-2H3,(H,20,23). The largest absolute Gasteiger partial charge is 0.345 e. The SMILES string of the molecule is CN(C)C(=O)c1cccc(NC(=O)CN(Cc2ccsc2)C2CC2)c1. The number of anilines is 1. The van der Waals surface area contributed by atoms with Gasteiger partial charge in [-0.15, -0.1) is 0 Å². The van der Waals surface area contributed by atoms with Crippen molar-refractivity contribution in [3.05, 3.63) is 52.2 Å². The number of hydrogen-bond acceptors (Lipinski definition) is 4. The van der Waals surface area contributed by atoms with Gasteiger partial charge in [0.05, 0.1) is 6.54 Å². The molecule has 5 nitrogen and oxygen atoms in total. The lowest BCUT2D eigenvalue weighted by atomic mass is 10.2. The molecule has 2 aromatic rings. The van der Waals surface area contributed by atoms with Crippen molar-refractivity contribution in [2.45, 2.75) is 25.4 Å². The molecular formula is C19H23N3O2S. The van der Waals surface area contributed by atoms with Gasteiger partial charge in [-0.1, -0.05) is 6.07 Å². The highest BCUT2D eigenvalue weighted by molar-refractivity contribution is 7.07.